The molecule has 2 unspecified atom stereocenters. The number of hydrogen-bond acceptors (Lipinski definition) is 25. The van der Waals surface area contributed by atoms with Crippen LogP contribution in [0.3, 0.4) is 0 Å². The number of carbonyl (C=O) groups excluding carboxylic acids is 1. The van der Waals surface area contributed by atoms with E-state index in [4.69, 9.17) is 51.6 Å². The van der Waals surface area contributed by atoms with Crippen LogP contribution in [-0.2, 0) is 81.3 Å². The lowest BCUT2D eigenvalue weighted by molar-refractivity contribution is -0.389. The Morgan fingerprint density at radius 3 is 1.98 bits per heavy atom. The van der Waals surface area contributed by atoms with Crippen LogP contribution in [0.4, 0.5) is 0 Å². The average molecular weight is 1230 g/mol. The van der Waals surface area contributed by atoms with Crippen LogP contribution < -0.4 is 0 Å². The van der Waals surface area contributed by atoms with Crippen molar-refractivity contribution < 1.29 is 127 Å². The largest absolute Gasteiger partial charge is 0.459 e. The highest BCUT2D eigenvalue weighted by molar-refractivity contribution is 7.81. The van der Waals surface area contributed by atoms with E-state index in [2.05, 4.69) is 51.5 Å². The summed E-state index contributed by atoms with van der Waals surface area (Å²) in [5, 5.41) is 89.6. The molecule has 27 nitrogen and oxygen atoms in total. The Morgan fingerprint density at radius 2 is 1.34 bits per heavy atom. The molecular weight excluding hydrogens is 1140 g/mol. The third-order valence-corrected chi connectivity index (χ3v) is 21.5. The van der Waals surface area contributed by atoms with Gasteiger partial charge in [-0.05, 0) is 113 Å². The SMILES string of the molecule is C=C(C)CCC[C@]1(C)OC(=O)[C@]23CC=C4C(CCC5C(C)(C)[C@@H](O[C@@H]6OC[C@@H](OS(=O)(=O)O)[C@H](O)[C@H]6O[C@@H]6O[C@H](C)[C@@H](O[C@@H]7O[C@H](COS(=O)(=O)O)[C@@H](O)[C@H](O[C@@H]8O[C@H](CO)[C@@H](O)[C@H](OC)[C@H]8O)[C@H]7O)[C@H](O)[C@H]6O)CC[C@]45C)[C@]2(C)CC[C@@H]31. The molecule has 27 atom stereocenters. The number of aliphatic hydroxyl groups is 8. The quantitative estimate of drug-likeness (QED) is 0.0359. The van der Waals surface area contributed by atoms with Gasteiger partial charge >= 0.3 is 26.8 Å². The predicted octanol–water partition coefficient (Wildman–Crippen LogP) is 0.266. The van der Waals surface area contributed by atoms with Gasteiger partial charge in [0.1, 0.15) is 91.1 Å². The fourth-order valence-electron chi connectivity index (χ4n) is 16.4. The van der Waals surface area contributed by atoms with Crippen LogP contribution in [-0.4, -0.2) is 228 Å². The molecule has 9 aliphatic rings. The molecule has 9 rings (SSSR count). The number of allylic oxidation sites excluding steroid dienone is 3. The number of aliphatic hydroxyl groups excluding tert-OH is 8. The van der Waals surface area contributed by atoms with Crippen LogP contribution >= 0.6 is 0 Å². The number of carbonyl (C=O) groups is 1. The Bertz CT molecular complexity index is 2610. The van der Waals surface area contributed by atoms with Crippen LogP contribution in [0, 0.1) is 39.4 Å². The van der Waals surface area contributed by atoms with E-state index in [1.54, 1.807) is 0 Å². The number of cyclic esters (lactones) is 1. The summed E-state index contributed by atoms with van der Waals surface area (Å²) < 4.78 is 135. The second kappa shape index (κ2) is 24.1. The summed E-state index contributed by atoms with van der Waals surface area (Å²) >= 11 is 0. The molecule has 0 bridgehead atoms. The molecule has 3 saturated carbocycles. The molecule has 29 heteroatoms. The number of hydrogen-bond donors (Lipinski definition) is 10. The second-order valence-electron chi connectivity index (χ2n) is 25.8. The second-order valence-corrected chi connectivity index (χ2v) is 28.0. The van der Waals surface area contributed by atoms with Gasteiger partial charge in [0.05, 0.1) is 37.4 Å². The molecule has 0 aromatic rings. The summed E-state index contributed by atoms with van der Waals surface area (Å²) in [6, 6.07) is 0. The lowest BCUT2D eigenvalue weighted by Crippen LogP contribution is -2.67. The first kappa shape index (κ1) is 65.5. The smallest absolute Gasteiger partial charge is 0.397 e. The first-order valence-electron chi connectivity index (χ1n) is 28.6. The van der Waals surface area contributed by atoms with E-state index < -0.39 is 180 Å². The maximum Gasteiger partial charge on any atom is 0.397 e. The molecule has 8 fully saturated rings. The number of methoxy groups -OCH3 is 1. The van der Waals surface area contributed by atoms with Gasteiger partial charge in [-0.2, -0.15) is 16.8 Å². The number of ether oxygens (including phenoxy) is 10. The third-order valence-electron chi connectivity index (χ3n) is 20.6. The van der Waals surface area contributed by atoms with E-state index >= 15 is 0 Å². The highest BCUT2D eigenvalue weighted by Gasteiger charge is 2.76. The number of esters is 1. The minimum Gasteiger partial charge on any atom is -0.459 e. The van der Waals surface area contributed by atoms with Crippen molar-refractivity contribution in [3.8, 4) is 0 Å². The van der Waals surface area contributed by atoms with Crippen LogP contribution in [0.15, 0.2) is 23.8 Å². The monoisotopic (exact) mass is 1230 g/mol. The van der Waals surface area contributed by atoms with Crippen molar-refractivity contribution in [1.82, 2.24) is 0 Å². The molecule has 5 saturated heterocycles. The Kier molecular flexibility index (Phi) is 19.0. The normalized spacial score (nSPS) is 49.0. The molecule has 4 aliphatic carbocycles. The minimum absolute atomic E-state index is 0.0408. The lowest BCUT2D eigenvalue weighted by Gasteiger charge is -2.63. The third kappa shape index (κ3) is 11.9. The van der Waals surface area contributed by atoms with Gasteiger partial charge in [0.15, 0.2) is 25.2 Å². The Balaban J connectivity index is 0.909. The molecule has 0 aromatic heterocycles. The zero-order valence-electron chi connectivity index (χ0n) is 48.0. The zero-order valence-corrected chi connectivity index (χ0v) is 49.6. The van der Waals surface area contributed by atoms with Gasteiger partial charge in [-0.3, -0.25) is 13.9 Å². The summed E-state index contributed by atoms with van der Waals surface area (Å²) in [4.78, 5) is 14.4. The number of fused-ring (bicyclic) bond motifs is 4. The van der Waals surface area contributed by atoms with Crippen molar-refractivity contribution in [2.75, 3.05) is 26.9 Å². The number of rotatable bonds is 19. The summed E-state index contributed by atoms with van der Waals surface area (Å²) in [5.74, 6) is 0.183. The van der Waals surface area contributed by atoms with E-state index in [0.717, 1.165) is 57.6 Å². The topological polar surface area (TPSA) is 398 Å². The summed E-state index contributed by atoms with van der Waals surface area (Å²) in [7, 11) is -9.23. The van der Waals surface area contributed by atoms with Crippen molar-refractivity contribution in [3.63, 3.8) is 0 Å². The van der Waals surface area contributed by atoms with Crippen LogP contribution in [0.25, 0.3) is 0 Å². The molecule has 0 aromatic carbocycles. The van der Waals surface area contributed by atoms with E-state index in [1.807, 2.05) is 6.92 Å². The predicted molar refractivity (Wildman–Crippen MR) is 281 cm³/mol. The molecule has 0 radical (unpaired) electrons. The van der Waals surface area contributed by atoms with E-state index in [9.17, 15) is 71.6 Å². The van der Waals surface area contributed by atoms with Gasteiger partial charge in [0, 0.05) is 13.0 Å². The van der Waals surface area contributed by atoms with Crippen molar-refractivity contribution in [1.29, 1.82) is 0 Å². The van der Waals surface area contributed by atoms with Crippen molar-refractivity contribution in [2.24, 2.45) is 39.4 Å². The Morgan fingerprint density at radius 1 is 0.711 bits per heavy atom. The van der Waals surface area contributed by atoms with Gasteiger partial charge in [0.25, 0.3) is 0 Å². The van der Waals surface area contributed by atoms with Gasteiger partial charge in [-0.25, -0.2) is 8.37 Å². The van der Waals surface area contributed by atoms with Crippen molar-refractivity contribution in [3.05, 3.63) is 23.8 Å². The molecule has 1 spiro atoms. The van der Waals surface area contributed by atoms with Gasteiger partial charge in [-0.15, -0.1) is 6.58 Å². The Hall–Kier alpha value is -1.99. The fraction of sp³-hybridized carbons (Fsp3) is 0.907. The molecule has 10 N–H and O–H groups in total. The van der Waals surface area contributed by atoms with E-state index in [0.29, 0.717) is 19.3 Å². The minimum atomic E-state index is -5.19. The summed E-state index contributed by atoms with van der Waals surface area (Å²) in [6.07, 6.45) is -24.7. The molecule has 0 amide bonds. The van der Waals surface area contributed by atoms with E-state index in [1.165, 1.54) is 12.5 Å². The molecular formula is C54H86O27S2. The fourth-order valence-corrected chi connectivity index (χ4v) is 17.2. The average Bonchev–Trinajstić information content (AvgIpc) is 1.59. The van der Waals surface area contributed by atoms with Crippen molar-refractivity contribution in [2.45, 2.75) is 241 Å². The Labute approximate surface area is 483 Å². The van der Waals surface area contributed by atoms with Gasteiger partial charge in [-0.1, -0.05) is 44.9 Å². The van der Waals surface area contributed by atoms with Crippen LogP contribution in [0.5, 0.6) is 0 Å². The van der Waals surface area contributed by atoms with Crippen LogP contribution in [0.2, 0.25) is 0 Å². The van der Waals surface area contributed by atoms with Gasteiger partial charge in [0.2, 0.25) is 0 Å². The summed E-state index contributed by atoms with van der Waals surface area (Å²) in [5.41, 5.74) is 0.0380. The maximum atomic E-state index is 14.4. The molecule has 5 heterocycles. The maximum absolute atomic E-state index is 14.4. The molecule has 83 heavy (non-hydrogen) atoms. The highest BCUT2D eigenvalue weighted by Crippen LogP contribution is 2.76. The van der Waals surface area contributed by atoms with E-state index in [-0.39, 0.29) is 34.6 Å². The molecule has 5 aliphatic heterocycles. The zero-order chi connectivity index (χ0) is 60.9. The summed E-state index contributed by atoms with van der Waals surface area (Å²) in [6.45, 7) is 15.8. The van der Waals surface area contributed by atoms with Gasteiger partial charge < -0.3 is 88.2 Å². The lowest BCUT2D eigenvalue weighted by atomic mass is 9.41. The first-order chi connectivity index (χ1) is 38.7. The molecule has 476 valence electrons. The first-order valence-corrected chi connectivity index (χ1v) is 31.3. The van der Waals surface area contributed by atoms with Crippen molar-refractivity contribution >= 4 is 26.8 Å². The standard InChI is InChI=1S/C54H86O27S2/c1-24(2)11-10-17-53(8)32-15-19-52(7)27-12-13-31-50(4,5)33(16-18-51(31,6)26(27)14-20-54(32,52)49(63)80-53)76-48-44(36(58)30(22-71-48)81-83(67,68)69)79-45-38(60)37(59)41(25(3)73-45)77-47-40(62)43(35(57)29(75-47)23-72-82(64,65)66)78-46-39(61)42(70-9)34(56)28(21-55)74-46/h14,25,27-48,55-62H,1,10-13,15-23H2,2-9H3,(H,64,65,66)(H,67,68,69)/t25-,27?,28-,29-,30-,31?,32-,33+,34-,35-,36+,37-,38-,39-,40-,41-,42+,43+,44-,45+,46+,47+,48+,51-,52+,53+,54-/m1/s1. The highest BCUT2D eigenvalue weighted by atomic mass is 32.3. The van der Waals surface area contributed by atoms with Crippen LogP contribution in [0.1, 0.15) is 113 Å².